The summed E-state index contributed by atoms with van der Waals surface area (Å²) in [5.41, 5.74) is 2.01. The van der Waals surface area contributed by atoms with Crippen LogP contribution in [0.2, 0.25) is 0 Å². The number of hydrogen-bond acceptors (Lipinski definition) is 5. The topological polar surface area (TPSA) is 83.6 Å². The van der Waals surface area contributed by atoms with Crippen molar-refractivity contribution < 1.29 is 16.8 Å². The van der Waals surface area contributed by atoms with Crippen LogP contribution in [0, 0.1) is 0 Å². The van der Waals surface area contributed by atoms with Gasteiger partial charge in [-0.25, -0.2) is 16.8 Å². The summed E-state index contributed by atoms with van der Waals surface area (Å²) in [6, 6.07) is 8.51. The summed E-state index contributed by atoms with van der Waals surface area (Å²) in [6.07, 6.45) is 5.83. The van der Waals surface area contributed by atoms with Crippen LogP contribution in [0.1, 0.15) is 44.1 Å². The van der Waals surface area contributed by atoms with Gasteiger partial charge in [0.05, 0.1) is 10.9 Å². The molecule has 0 bridgehead atoms. The fourth-order valence-corrected chi connectivity index (χ4v) is 8.24. The Balaban J connectivity index is 1.60. The number of aryl methyl sites for hydroxylation is 1. The second-order valence-corrected chi connectivity index (χ2v) is 12.4. The second kappa shape index (κ2) is 7.68. The zero-order valence-electron chi connectivity index (χ0n) is 15.5. The highest BCUT2D eigenvalue weighted by Gasteiger charge is 2.31. The lowest BCUT2D eigenvalue weighted by Crippen LogP contribution is -2.35. The van der Waals surface area contributed by atoms with Crippen molar-refractivity contribution in [1.29, 1.82) is 0 Å². The molecule has 1 saturated carbocycles. The number of benzene rings is 1. The molecule has 0 atom stereocenters. The summed E-state index contributed by atoms with van der Waals surface area (Å²) in [5.74, 6) is 0. The first-order valence-electron chi connectivity index (χ1n) is 9.59. The molecular formula is C19H24N2O4S3. The molecule has 152 valence electrons. The van der Waals surface area contributed by atoms with E-state index < -0.39 is 20.0 Å². The molecule has 2 heterocycles. The largest absolute Gasteiger partial charge is 0.283 e. The number of nitrogens with zero attached hydrogens (tertiary/aromatic N) is 1. The number of anilines is 2. The zero-order valence-corrected chi connectivity index (χ0v) is 18.0. The van der Waals surface area contributed by atoms with E-state index in [1.54, 1.807) is 35.7 Å². The van der Waals surface area contributed by atoms with Gasteiger partial charge in [-0.3, -0.25) is 9.03 Å². The third kappa shape index (κ3) is 3.79. The van der Waals surface area contributed by atoms with E-state index in [0.29, 0.717) is 41.4 Å². The Morgan fingerprint density at radius 2 is 1.79 bits per heavy atom. The minimum atomic E-state index is -3.58. The van der Waals surface area contributed by atoms with E-state index in [1.165, 1.54) is 15.6 Å². The third-order valence-electron chi connectivity index (χ3n) is 5.45. The summed E-state index contributed by atoms with van der Waals surface area (Å²) < 4.78 is 55.8. The highest BCUT2D eigenvalue weighted by Crippen LogP contribution is 2.35. The molecule has 0 radical (unpaired) electrons. The van der Waals surface area contributed by atoms with Gasteiger partial charge in [0, 0.05) is 12.2 Å². The van der Waals surface area contributed by atoms with E-state index in [2.05, 4.69) is 4.72 Å². The molecule has 1 aromatic heterocycles. The van der Waals surface area contributed by atoms with Gasteiger partial charge in [-0.1, -0.05) is 25.3 Å². The molecule has 28 heavy (non-hydrogen) atoms. The average Bonchev–Trinajstić information content (AvgIpc) is 3.23. The Labute approximate surface area is 170 Å². The number of fused-ring (bicyclic) bond motifs is 1. The lowest BCUT2D eigenvalue weighted by molar-refractivity contribution is 0.486. The highest BCUT2D eigenvalue weighted by molar-refractivity contribution is 7.94. The van der Waals surface area contributed by atoms with E-state index in [1.807, 2.05) is 0 Å². The smallest absolute Gasteiger partial charge is 0.273 e. The van der Waals surface area contributed by atoms with Crippen molar-refractivity contribution in [1.82, 2.24) is 0 Å². The van der Waals surface area contributed by atoms with Crippen LogP contribution in [0.25, 0.3) is 0 Å². The van der Waals surface area contributed by atoms with E-state index in [4.69, 9.17) is 0 Å². The molecule has 0 unspecified atom stereocenters. The number of hydrogen-bond donors (Lipinski definition) is 1. The van der Waals surface area contributed by atoms with E-state index in [9.17, 15) is 16.8 Å². The molecule has 6 nitrogen and oxygen atoms in total. The number of sulfonamides is 2. The standard InChI is InChI=1S/C19H24N2O4S3/c22-27(23,17-7-2-1-3-8-17)20-16-10-11-18-15(14-16)6-4-12-21(18)28(24,25)19-9-5-13-26-19/h5,9-11,13-14,17,20H,1-4,6-8,12H2. The summed E-state index contributed by atoms with van der Waals surface area (Å²) in [4.78, 5) is 0. The van der Waals surface area contributed by atoms with Crippen molar-refractivity contribution in [3.8, 4) is 0 Å². The maximum atomic E-state index is 13.0. The summed E-state index contributed by atoms with van der Waals surface area (Å²) in [7, 11) is -7.00. The molecule has 9 heteroatoms. The van der Waals surface area contributed by atoms with E-state index in [-0.39, 0.29) is 5.25 Å². The Morgan fingerprint density at radius 3 is 2.50 bits per heavy atom. The quantitative estimate of drug-likeness (QED) is 0.763. The Morgan fingerprint density at radius 1 is 1.00 bits per heavy atom. The highest BCUT2D eigenvalue weighted by atomic mass is 32.2. The van der Waals surface area contributed by atoms with Crippen LogP contribution in [0.15, 0.2) is 39.9 Å². The molecule has 0 amide bonds. The monoisotopic (exact) mass is 440 g/mol. The molecular weight excluding hydrogens is 416 g/mol. The first-order chi connectivity index (χ1) is 13.4. The fourth-order valence-electron chi connectivity index (χ4n) is 4.02. The lowest BCUT2D eigenvalue weighted by Gasteiger charge is -2.30. The molecule has 2 aliphatic rings. The number of thiophene rings is 1. The van der Waals surface area contributed by atoms with Gasteiger partial charge in [-0.2, -0.15) is 0 Å². The van der Waals surface area contributed by atoms with Gasteiger partial charge in [-0.15, -0.1) is 11.3 Å². The minimum absolute atomic E-state index is 0.322. The van der Waals surface area contributed by atoms with Crippen LogP contribution in [0.5, 0.6) is 0 Å². The van der Waals surface area contributed by atoms with Crippen LogP contribution in [0.4, 0.5) is 11.4 Å². The first-order valence-corrected chi connectivity index (χ1v) is 13.5. The van der Waals surface area contributed by atoms with Crippen LogP contribution < -0.4 is 9.03 Å². The maximum Gasteiger partial charge on any atom is 0.273 e. The van der Waals surface area contributed by atoms with Gasteiger partial charge in [0.15, 0.2) is 0 Å². The van der Waals surface area contributed by atoms with Crippen molar-refractivity contribution in [2.45, 2.75) is 54.4 Å². The molecule has 1 aliphatic heterocycles. The van der Waals surface area contributed by atoms with Crippen LogP contribution in [-0.2, 0) is 26.5 Å². The van der Waals surface area contributed by atoms with Gasteiger partial charge >= 0.3 is 0 Å². The van der Waals surface area contributed by atoms with Crippen molar-refractivity contribution in [2.75, 3.05) is 15.6 Å². The molecule has 4 rings (SSSR count). The van der Waals surface area contributed by atoms with Crippen LogP contribution >= 0.6 is 11.3 Å². The van der Waals surface area contributed by atoms with Crippen LogP contribution in [-0.4, -0.2) is 28.6 Å². The van der Waals surface area contributed by atoms with Crippen molar-refractivity contribution in [3.05, 3.63) is 41.3 Å². The fraction of sp³-hybridized carbons (Fsp3) is 0.474. The predicted molar refractivity (Wildman–Crippen MR) is 113 cm³/mol. The molecule has 1 fully saturated rings. The average molecular weight is 441 g/mol. The van der Waals surface area contributed by atoms with Gasteiger partial charge in [0.2, 0.25) is 10.0 Å². The number of rotatable bonds is 5. The Kier molecular flexibility index (Phi) is 5.41. The first kappa shape index (κ1) is 19.7. The summed E-state index contributed by atoms with van der Waals surface area (Å²) in [6.45, 7) is 0.431. The van der Waals surface area contributed by atoms with Crippen LogP contribution in [0.3, 0.4) is 0 Å². The Hall–Kier alpha value is -1.58. The summed E-state index contributed by atoms with van der Waals surface area (Å²) >= 11 is 1.20. The molecule has 1 aliphatic carbocycles. The SMILES string of the molecule is O=S(=O)(Nc1ccc2c(c1)CCCN2S(=O)(=O)c1cccs1)C1CCCCC1. The normalized spacial score (nSPS) is 18.6. The van der Waals surface area contributed by atoms with E-state index >= 15 is 0 Å². The summed E-state index contributed by atoms with van der Waals surface area (Å²) in [5, 5.41) is 1.41. The zero-order chi connectivity index (χ0) is 19.8. The Bertz CT molecular complexity index is 1040. The van der Waals surface area contributed by atoms with Gasteiger partial charge in [-0.05, 0) is 60.9 Å². The van der Waals surface area contributed by atoms with Gasteiger partial charge < -0.3 is 0 Å². The lowest BCUT2D eigenvalue weighted by atomic mass is 10.0. The number of nitrogens with one attached hydrogen (secondary N) is 1. The molecule has 1 aromatic carbocycles. The minimum Gasteiger partial charge on any atom is -0.283 e. The van der Waals surface area contributed by atoms with Gasteiger partial charge in [0.25, 0.3) is 10.0 Å². The van der Waals surface area contributed by atoms with Crippen molar-refractivity contribution in [2.24, 2.45) is 0 Å². The predicted octanol–water partition coefficient (Wildman–Crippen LogP) is 3.96. The third-order valence-corrected chi connectivity index (χ3v) is 10.5. The molecule has 2 aromatic rings. The van der Waals surface area contributed by atoms with Crippen molar-refractivity contribution in [3.63, 3.8) is 0 Å². The van der Waals surface area contributed by atoms with Gasteiger partial charge in [0.1, 0.15) is 4.21 Å². The molecule has 1 N–H and O–H groups in total. The molecule has 0 saturated heterocycles. The van der Waals surface area contributed by atoms with Crippen molar-refractivity contribution >= 4 is 42.8 Å². The van der Waals surface area contributed by atoms with E-state index in [0.717, 1.165) is 31.2 Å². The molecule has 0 spiro atoms. The maximum absolute atomic E-state index is 13.0. The second-order valence-electron chi connectivity index (χ2n) is 7.36.